The van der Waals surface area contributed by atoms with Crippen LogP contribution in [-0.4, -0.2) is 30.6 Å². The number of hydrogen-bond acceptors (Lipinski definition) is 3. The lowest BCUT2D eigenvalue weighted by atomic mass is 10.0. The number of nitrogens with two attached hydrogens (primary N) is 1. The van der Waals surface area contributed by atoms with Crippen LogP contribution < -0.4 is 10.5 Å². The molecule has 1 heterocycles. The average molecular weight is 262 g/mol. The summed E-state index contributed by atoms with van der Waals surface area (Å²) in [6, 6.07) is 9.44. The summed E-state index contributed by atoms with van der Waals surface area (Å²) < 4.78 is 5.63. The van der Waals surface area contributed by atoms with Crippen LogP contribution in [0.1, 0.15) is 44.7 Å². The van der Waals surface area contributed by atoms with Crippen molar-refractivity contribution in [2.45, 2.75) is 45.2 Å². The SMILES string of the molecule is CCCOc1ccc(C(CN)N2CCCC2C)cc1. The summed E-state index contributed by atoms with van der Waals surface area (Å²) >= 11 is 0. The van der Waals surface area contributed by atoms with Gasteiger partial charge in [0.05, 0.1) is 6.61 Å². The lowest BCUT2D eigenvalue weighted by molar-refractivity contribution is 0.195. The first-order chi connectivity index (χ1) is 9.26. The van der Waals surface area contributed by atoms with Gasteiger partial charge in [0.25, 0.3) is 0 Å². The molecule has 2 atom stereocenters. The van der Waals surface area contributed by atoms with Crippen LogP contribution in [0.2, 0.25) is 0 Å². The molecule has 1 fully saturated rings. The van der Waals surface area contributed by atoms with Gasteiger partial charge in [-0.1, -0.05) is 19.1 Å². The summed E-state index contributed by atoms with van der Waals surface area (Å²) in [7, 11) is 0. The molecule has 1 aromatic carbocycles. The molecule has 106 valence electrons. The second-order valence-electron chi connectivity index (χ2n) is 5.40. The van der Waals surface area contributed by atoms with Crippen molar-refractivity contribution >= 4 is 0 Å². The molecule has 0 spiro atoms. The fourth-order valence-corrected chi connectivity index (χ4v) is 2.89. The number of nitrogens with zero attached hydrogens (tertiary/aromatic N) is 1. The minimum absolute atomic E-state index is 0.345. The third-order valence-electron chi connectivity index (χ3n) is 3.97. The molecule has 0 aromatic heterocycles. The van der Waals surface area contributed by atoms with Gasteiger partial charge in [0.2, 0.25) is 0 Å². The Bertz CT molecular complexity index is 377. The molecule has 0 radical (unpaired) electrons. The monoisotopic (exact) mass is 262 g/mol. The minimum atomic E-state index is 0.345. The molecule has 3 heteroatoms. The maximum Gasteiger partial charge on any atom is 0.119 e. The first-order valence-corrected chi connectivity index (χ1v) is 7.44. The quantitative estimate of drug-likeness (QED) is 0.856. The Balaban J connectivity index is 2.06. The average Bonchev–Trinajstić information content (AvgIpc) is 2.85. The van der Waals surface area contributed by atoms with Crippen molar-refractivity contribution in [1.82, 2.24) is 4.90 Å². The summed E-state index contributed by atoms with van der Waals surface area (Å²) in [6.45, 7) is 7.04. The molecule has 1 aromatic rings. The molecule has 0 saturated carbocycles. The first kappa shape index (κ1) is 14.4. The molecule has 19 heavy (non-hydrogen) atoms. The molecule has 2 unspecified atom stereocenters. The zero-order valence-electron chi connectivity index (χ0n) is 12.1. The maximum atomic E-state index is 5.99. The number of rotatable bonds is 6. The highest BCUT2D eigenvalue weighted by Gasteiger charge is 2.27. The van der Waals surface area contributed by atoms with E-state index in [0.717, 1.165) is 25.3 Å². The maximum absolute atomic E-state index is 5.99. The van der Waals surface area contributed by atoms with Crippen molar-refractivity contribution in [3.63, 3.8) is 0 Å². The molecule has 1 aliphatic rings. The van der Waals surface area contributed by atoms with Crippen LogP contribution in [-0.2, 0) is 0 Å². The van der Waals surface area contributed by atoms with Gasteiger partial charge in [-0.3, -0.25) is 4.90 Å². The van der Waals surface area contributed by atoms with Crippen LogP contribution in [0, 0.1) is 0 Å². The zero-order valence-corrected chi connectivity index (χ0v) is 12.1. The molecule has 1 aliphatic heterocycles. The van der Waals surface area contributed by atoms with Crippen molar-refractivity contribution in [3.05, 3.63) is 29.8 Å². The summed E-state index contributed by atoms with van der Waals surface area (Å²) in [5.74, 6) is 0.954. The lowest BCUT2D eigenvalue weighted by Gasteiger charge is -2.31. The number of likely N-dealkylation sites (tertiary alicyclic amines) is 1. The molecule has 0 amide bonds. The normalized spacial score (nSPS) is 21.5. The van der Waals surface area contributed by atoms with E-state index in [1.165, 1.54) is 18.4 Å². The number of hydrogen-bond donors (Lipinski definition) is 1. The van der Waals surface area contributed by atoms with Crippen LogP contribution in [0.4, 0.5) is 0 Å². The van der Waals surface area contributed by atoms with Gasteiger partial charge in [-0.25, -0.2) is 0 Å². The van der Waals surface area contributed by atoms with Gasteiger partial charge in [-0.05, 0) is 50.4 Å². The van der Waals surface area contributed by atoms with Crippen LogP contribution in [0.25, 0.3) is 0 Å². The van der Waals surface area contributed by atoms with E-state index in [0.29, 0.717) is 18.6 Å². The van der Waals surface area contributed by atoms with Gasteiger partial charge in [-0.2, -0.15) is 0 Å². The van der Waals surface area contributed by atoms with E-state index in [2.05, 4.69) is 43.0 Å². The Labute approximate surface area is 116 Å². The molecule has 1 saturated heterocycles. The van der Waals surface area contributed by atoms with Crippen molar-refractivity contribution in [2.24, 2.45) is 5.73 Å². The molecular weight excluding hydrogens is 236 g/mol. The standard InChI is InChI=1S/C16H26N2O/c1-3-11-19-15-8-6-14(7-9-15)16(12-17)18-10-4-5-13(18)2/h6-9,13,16H,3-5,10-12,17H2,1-2H3. The van der Waals surface area contributed by atoms with E-state index in [1.54, 1.807) is 0 Å². The van der Waals surface area contributed by atoms with Gasteiger partial charge in [0.1, 0.15) is 5.75 Å². The highest BCUT2D eigenvalue weighted by molar-refractivity contribution is 5.29. The molecule has 0 bridgehead atoms. The number of ether oxygens (including phenoxy) is 1. The topological polar surface area (TPSA) is 38.5 Å². The van der Waals surface area contributed by atoms with Crippen molar-refractivity contribution in [2.75, 3.05) is 19.7 Å². The smallest absolute Gasteiger partial charge is 0.119 e. The Morgan fingerprint density at radius 2 is 2.11 bits per heavy atom. The van der Waals surface area contributed by atoms with E-state index in [-0.39, 0.29) is 0 Å². The fraction of sp³-hybridized carbons (Fsp3) is 0.625. The zero-order chi connectivity index (χ0) is 13.7. The van der Waals surface area contributed by atoms with Gasteiger partial charge in [0, 0.05) is 18.6 Å². The Morgan fingerprint density at radius 3 is 2.63 bits per heavy atom. The Morgan fingerprint density at radius 1 is 1.37 bits per heavy atom. The predicted molar refractivity (Wildman–Crippen MR) is 79.4 cm³/mol. The van der Waals surface area contributed by atoms with Gasteiger partial charge >= 0.3 is 0 Å². The van der Waals surface area contributed by atoms with Crippen LogP contribution in [0.3, 0.4) is 0 Å². The predicted octanol–water partition coefficient (Wildman–Crippen LogP) is 2.96. The molecular formula is C16H26N2O. The Kier molecular flexibility index (Phi) is 5.23. The first-order valence-electron chi connectivity index (χ1n) is 7.44. The largest absolute Gasteiger partial charge is 0.494 e. The lowest BCUT2D eigenvalue weighted by Crippen LogP contribution is -2.35. The van der Waals surface area contributed by atoms with Crippen LogP contribution >= 0.6 is 0 Å². The summed E-state index contributed by atoms with van der Waals surface area (Å²) in [6.07, 6.45) is 3.61. The van der Waals surface area contributed by atoms with Crippen LogP contribution in [0.5, 0.6) is 5.75 Å². The van der Waals surface area contributed by atoms with E-state index < -0.39 is 0 Å². The highest BCUT2D eigenvalue weighted by Crippen LogP contribution is 2.29. The summed E-state index contributed by atoms with van der Waals surface area (Å²) in [5, 5.41) is 0. The van der Waals surface area contributed by atoms with Crippen LogP contribution in [0.15, 0.2) is 24.3 Å². The second-order valence-corrected chi connectivity index (χ2v) is 5.40. The fourth-order valence-electron chi connectivity index (χ4n) is 2.89. The van der Waals surface area contributed by atoms with E-state index in [4.69, 9.17) is 10.5 Å². The highest BCUT2D eigenvalue weighted by atomic mass is 16.5. The Hall–Kier alpha value is -1.06. The molecule has 2 rings (SSSR count). The van der Waals surface area contributed by atoms with Crippen molar-refractivity contribution in [3.8, 4) is 5.75 Å². The number of benzene rings is 1. The third-order valence-corrected chi connectivity index (χ3v) is 3.97. The molecule has 0 aliphatic carbocycles. The summed E-state index contributed by atoms with van der Waals surface area (Å²) in [4.78, 5) is 2.53. The molecule has 3 nitrogen and oxygen atoms in total. The van der Waals surface area contributed by atoms with E-state index in [1.807, 2.05) is 0 Å². The van der Waals surface area contributed by atoms with Gasteiger partial charge in [-0.15, -0.1) is 0 Å². The second kappa shape index (κ2) is 6.92. The van der Waals surface area contributed by atoms with Crippen molar-refractivity contribution < 1.29 is 4.74 Å². The van der Waals surface area contributed by atoms with E-state index >= 15 is 0 Å². The van der Waals surface area contributed by atoms with E-state index in [9.17, 15) is 0 Å². The minimum Gasteiger partial charge on any atom is -0.494 e. The third kappa shape index (κ3) is 3.48. The van der Waals surface area contributed by atoms with Crippen molar-refractivity contribution in [1.29, 1.82) is 0 Å². The van der Waals surface area contributed by atoms with Gasteiger partial charge < -0.3 is 10.5 Å². The van der Waals surface area contributed by atoms with Gasteiger partial charge in [0.15, 0.2) is 0 Å². The molecule has 2 N–H and O–H groups in total. The summed E-state index contributed by atoms with van der Waals surface area (Å²) in [5.41, 5.74) is 7.30.